The average molecular weight is 865 g/mol. The third-order valence-electron chi connectivity index (χ3n) is 10.9. The van der Waals surface area contributed by atoms with Crippen molar-refractivity contribution in [3.63, 3.8) is 0 Å². The van der Waals surface area contributed by atoms with Gasteiger partial charge in [-0.1, -0.05) is 184 Å². The van der Waals surface area contributed by atoms with Crippen LogP contribution in [0.4, 0.5) is 0 Å². The van der Waals surface area contributed by atoms with Crippen LogP contribution in [0.2, 0.25) is 0 Å². The second kappa shape index (κ2) is 50.5. The number of hydrogen-bond donors (Lipinski definition) is 0. The molecule has 0 spiro atoms. The van der Waals surface area contributed by atoms with Crippen molar-refractivity contribution in [1.29, 1.82) is 0 Å². The normalized spacial score (nSPS) is 12.6. The molecule has 0 aliphatic carbocycles. The topological polar surface area (TPSA) is 78.9 Å². The van der Waals surface area contributed by atoms with E-state index < -0.39 is 6.10 Å². The molecule has 0 N–H and O–H groups in total. The summed E-state index contributed by atoms with van der Waals surface area (Å²) in [6.45, 7) is 6.51. The second-order valence-corrected chi connectivity index (χ2v) is 17.1. The summed E-state index contributed by atoms with van der Waals surface area (Å²) >= 11 is 0. The minimum Gasteiger partial charge on any atom is -0.462 e. The van der Waals surface area contributed by atoms with E-state index in [1.54, 1.807) is 0 Å². The molecule has 0 radical (unpaired) electrons. The van der Waals surface area contributed by atoms with Crippen LogP contribution in [0.1, 0.15) is 245 Å². The van der Waals surface area contributed by atoms with E-state index in [-0.39, 0.29) is 37.5 Å². The molecule has 0 bridgehead atoms. The summed E-state index contributed by atoms with van der Waals surface area (Å²) in [5.41, 5.74) is 0. The molecule has 0 fully saturated rings. The number of carbonyl (C=O) groups is 3. The molecule has 0 aliphatic rings. The Labute approximate surface area is 382 Å². The lowest BCUT2D eigenvalue weighted by Gasteiger charge is -2.18. The lowest BCUT2D eigenvalue weighted by Crippen LogP contribution is -2.30. The lowest BCUT2D eigenvalue weighted by molar-refractivity contribution is -0.167. The molecule has 0 aromatic rings. The number of ether oxygens (including phenoxy) is 3. The first-order chi connectivity index (χ1) is 30.5. The van der Waals surface area contributed by atoms with Gasteiger partial charge in [0.15, 0.2) is 6.10 Å². The Morgan fingerprint density at radius 1 is 0.323 bits per heavy atom. The van der Waals surface area contributed by atoms with Crippen LogP contribution in [-0.2, 0) is 28.6 Å². The summed E-state index contributed by atoms with van der Waals surface area (Å²) in [6, 6.07) is 0. The smallest absolute Gasteiger partial charge is 0.306 e. The molecule has 0 aromatic heterocycles. The van der Waals surface area contributed by atoms with Gasteiger partial charge in [-0.25, -0.2) is 0 Å². The van der Waals surface area contributed by atoms with Crippen molar-refractivity contribution in [3.8, 4) is 0 Å². The van der Waals surface area contributed by atoms with Crippen LogP contribution in [0.15, 0.2) is 72.9 Å². The van der Waals surface area contributed by atoms with Crippen LogP contribution >= 0.6 is 0 Å². The third kappa shape index (κ3) is 47.9. The fourth-order valence-electron chi connectivity index (χ4n) is 6.94. The minimum atomic E-state index is -0.801. The molecule has 1 atom stereocenters. The standard InChI is InChI=1S/C56H96O6/c1-4-7-10-13-16-19-22-25-27-28-30-31-34-37-40-43-46-49-55(58)61-52-53(51-60-54(57)48-45-42-39-36-33-24-21-18-15-12-9-6-3)62-56(59)50-47-44-41-38-35-32-29-26-23-20-17-14-11-8-5-2/h16-21,25-27,29,35,38,53H,4-15,22-24,28,30-34,36-37,39-52H2,1-3H3/b19-16-,20-17-,21-18-,27-25-,29-26-,38-35-/t53-/m1/s1. The van der Waals surface area contributed by atoms with E-state index in [1.807, 2.05) is 0 Å². The van der Waals surface area contributed by atoms with E-state index >= 15 is 0 Å². The van der Waals surface area contributed by atoms with Gasteiger partial charge in [-0.15, -0.1) is 0 Å². The Kier molecular flexibility index (Phi) is 47.9. The van der Waals surface area contributed by atoms with Crippen LogP contribution in [0.5, 0.6) is 0 Å². The van der Waals surface area contributed by atoms with Gasteiger partial charge in [0.05, 0.1) is 0 Å². The highest BCUT2D eigenvalue weighted by molar-refractivity contribution is 5.71. The van der Waals surface area contributed by atoms with E-state index in [0.717, 1.165) is 83.5 Å². The minimum absolute atomic E-state index is 0.0977. The van der Waals surface area contributed by atoms with Gasteiger partial charge in [0, 0.05) is 19.3 Å². The predicted octanol–water partition coefficient (Wildman–Crippen LogP) is 17.0. The highest BCUT2D eigenvalue weighted by atomic mass is 16.6. The van der Waals surface area contributed by atoms with Crippen molar-refractivity contribution < 1.29 is 28.6 Å². The molecule has 6 nitrogen and oxygen atoms in total. The maximum Gasteiger partial charge on any atom is 0.306 e. The first kappa shape index (κ1) is 58.9. The molecule has 0 rings (SSSR count). The van der Waals surface area contributed by atoms with Crippen molar-refractivity contribution >= 4 is 17.9 Å². The summed E-state index contributed by atoms with van der Waals surface area (Å²) < 4.78 is 16.7. The number of unbranched alkanes of at least 4 members (excludes halogenated alkanes) is 23. The van der Waals surface area contributed by atoms with Gasteiger partial charge in [-0.05, 0) is 116 Å². The van der Waals surface area contributed by atoms with Gasteiger partial charge >= 0.3 is 17.9 Å². The number of allylic oxidation sites excluding steroid dienone is 12. The van der Waals surface area contributed by atoms with E-state index in [1.165, 1.54) is 116 Å². The summed E-state index contributed by atoms with van der Waals surface area (Å²) in [6.07, 6.45) is 63.1. The van der Waals surface area contributed by atoms with Crippen molar-refractivity contribution in [1.82, 2.24) is 0 Å². The van der Waals surface area contributed by atoms with Crippen LogP contribution in [0.3, 0.4) is 0 Å². The molecule has 0 saturated carbocycles. The number of carbonyl (C=O) groups excluding carboxylic acids is 3. The highest BCUT2D eigenvalue weighted by Gasteiger charge is 2.19. The monoisotopic (exact) mass is 865 g/mol. The largest absolute Gasteiger partial charge is 0.462 e. The zero-order valence-corrected chi connectivity index (χ0v) is 40.6. The number of rotatable bonds is 46. The fraction of sp³-hybridized carbons (Fsp3) is 0.732. The Hall–Kier alpha value is -3.15. The SMILES string of the molecule is CCCCC/C=C\C/C=C\C/C=C\CCCCC(=O)O[C@H](COC(=O)CCCCCCC/C=C\CCCCC)COC(=O)CCCCCCCCC/C=C\C/C=C\CCCCC. The molecule has 0 aromatic carbocycles. The third-order valence-corrected chi connectivity index (χ3v) is 10.9. The van der Waals surface area contributed by atoms with Gasteiger partial charge in [-0.2, -0.15) is 0 Å². The fourth-order valence-corrected chi connectivity index (χ4v) is 6.94. The van der Waals surface area contributed by atoms with Crippen molar-refractivity contribution in [2.24, 2.45) is 0 Å². The zero-order chi connectivity index (χ0) is 45.1. The van der Waals surface area contributed by atoms with E-state index in [9.17, 15) is 14.4 Å². The summed E-state index contributed by atoms with van der Waals surface area (Å²) in [4.78, 5) is 37.9. The molecule has 0 aliphatic heterocycles. The molecular formula is C56H96O6. The first-order valence-corrected chi connectivity index (χ1v) is 25.9. The van der Waals surface area contributed by atoms with E-state index in [0.29, 0.717) is 19.3 Å². The molecule has 62 heavy (non-hydrogen) atoms. The quantitative estimate of drug-likeness (QED) is 0.0262. The van der Waals surface area contributed by atoms with Crippen LogP contribution in [-0.4, -0.2) is 37.2 Å². The van der Waals surface area contributed by atoms with Gasteiger partial charge in [0.25, 0.3) is 0 Å². The molecule has 0 heterocycles. The van der Waals surface area contributed by atoms with Crippen molar-refractivity contribution in [2.75, 3.05) is 13.2 Å². The van der Waals surface area contributed by atoms with Crippen molar-refractivity contribution in [2.45, 2.75) is 252 Å². The summed E-state index contributed by atoms with van der Waals surface area (Å²) in [5, 5.41) is 0. The first-order valence-electron chi connectivity index (χ1n) is 25.9. The molecule has 6 heteroatoms. The summed E-state index contributed by atoms with van der Waals surface area (Å²) in [7, 11) is 0. The van der Waals surface area contributed by atoms with Gasteiger partial charge in [-0.3, -0.25) is 14.4 Å². The maximum atomic E-state index is 12.8. The van der Waals surface area contributed by atoms with E-state index in [2.05, 4.69) is 93.7 Å². The lowest BCUT2D eigenvalue weighted by atomic mass is 10.1. The zero-order valence-electron chi connectivity index (χ0n) is 40.6. The highest BCUT2D eigenvalue weighted by Crippen LogP contribution is 2.13. The van der Waals surface area contributed by atoms with Gasteiger partial charge < -0.3 is 14.2 Å². The summed E-state index contributed by atoms with van der Waals surface area (Å²) in [5.74, 6) is -0.952. The molecule has 0 saturated heterocycles. The van der Waals surface area contributed by atoms with Gasteiger partial charge in [0.2, 0.25) is 0 Å². The number of esters is 3. The molecular weight excluding hydrogens is 769 g/mol. The van der Waals surface area contributed by atoms with Crippen LogP contribution in [0, 0.1) is 0 Å². The maximum absolute atomic E-state index is 12.8. The van der Waals surface area contributed by atoms with Crippen LogP contribution < -0.4 is 0 Å². The Balaban J connectivity index is 4.45. The second-order valence-electron chi connectivity index (χ2n) is 17.1. The number of hydrogen-bond acceptors (Lipinski definition) is 6. The molecule has 356 valence electrons. The Morgan fingerprint density at radius 2 is 0.581 bits per heavy atom. The van der Waals surface area contributed by atoms with E-state index in [4.69, 9.17) is 14.2 Å². The molecule has 0 unspecified atom stereocenters. The average Bonchev–Trinajstić information content (AvgIpc) is 3.27. The Morgan fingerprint density at radius 3 is 0.952 bits per heavy atom. The van der Waals surface area contributed by atoms with Crippen molar-refractivity contribution in [3.05, 3.63) is 72.9 Å². The molecule has 0 amide bonds. The predicted molar refractivity (Wildman–Crippen MR) is 265 cm³/mol. The Bertz CT molecular complexity index is 1180. The van der Waals surface area contributed by atoms with Crippen LogP contribution in [0.25, 0.3) is 0 Å². The van der Waals surface area contributed by atoms with Gasteiger partial charge in [0.1, 0.15) is 13.2 Å².